The van der Waals surface area contributed by atoms with Crippen LogP contribution >= 0.6 is 0 Å². The van der Waals surface area contributed by atoms with Gasteiger partial charge in [0.25, 0.3) is 0 Å². The molecule has 230 valence electrons. The Hall–Kier alpha value is -2.08. The van der Waals surface area contributed by atoms with Crippen LogP contribution in [0.1, 0.15) is 49.4 Å². The van der Waals surface area contributed by atoms with Gasteiger partial charge >= 0.3 is 5.97 Å². The number of rotatable bonds is 7. The van der Waals surface area contributed by atoms with Gasteiger partial charge in [0.2, 0.25) is 5.91 Å². The predicted octanol–water partition coefficient (Wildman–Crippen LogP) is 2.08. The number of ether oxygens (including phenoxy) is 4. The normalized spacial score (nSPS) is 48.2. The Balaban J connectivity index is 1.30. The highest BCUT2D eigenvalue weighted by molar-refractivity contribution is 6.00. The van der Waals surface area contributed by atoms with Crippen molar-refractivity contribution in [3.8, 4) is 0 Å². The fraction of sp³-hybridized carbons (Fsp3) is 0.750. The van der Waals surface area contributed by atoms with Crippen LogP contribution in [0.4, 0.5) is 5.69 Å². The molecule has 10 nitrogen and oxygen atoms in total. The molecule has 1 heterocycles. The van der Waals surface area contributed by atoms with Gasteiger partial charge in [-0.15, -0.1) is 0 Å². The summed E-state index contributed by atoms with van der Waals surface area (Å²) in [6.07, 6.45) is 2.51. The number of para-hydroxylation sites is 1. The van der Waals surface area contributed by atoms with Gasteiger partial charge in [0.05, 0.1) is 36.2 Å². The number of hydrogen-bond acceptors (Lipinski definition) is 9. The van der Waals surface area contributed by atoms with Crippen molar-refractivity contribution in [2.75, 3.05) is 46.8 Å². The molecule has 0 unspecified atom stereocenters. The molecule has 5 aliphatic carbocycles. The number of methoxy groups -OCH3 is 3. The van der Waals surface area contributed by atoms with E-state index >= 15 is 0 Å². The number of benzene rings is 1. The SMILES string of the molecule is CO[C@H]1C[C@]2(O)[C@H]3C[C@H]4[C@@]5(COC(=O)c6ccccc6NC(C)=O)CC[C@H](OC)[C@]4([C@@H]3N(C)C5)[C@@H]3C[C@H]1[C@H](OC)[C@@]32O. The average molecular weight is 585 g/mol. The number of carbonyl (C=O) groups is 2. The Morgan fingerprint density at radius 2 is 1.83 bits per heavy atom. The lowest BCUT2D eigenvalue weighted by Gasteiger charge is -2.70. The van der Waals surface area contributed by atoms with E-state index in [0.29, 0.717) is 30.5 Å². The third-order valence-corrected chi connectivity index (χ3v) is 12.8. The van der Waals surface area contributed by atoms with Crippen molar-refractivity contribution in [1.29, 1.82) is 0 Å². The summed E-state index contributed by atoms with van der Waals surface area (Å²) in [4.78, 5) is 27.6. The van der Waals surface area contributed by atoms with Gasteiger partial charge in [-0.05, 0) is 50.8 Å². The van der Waals surface area contributed by atoms with Gasteiger partial charge in [0, 0.05) is 75.8 Å². The van der Waals surface area contributed by atoms with E-state index in [1.54, 1.807) is 45.6 Å². The van der Waals surface area contributed by atoms with Crippen molar-refractivity contribution < 1.29 is 38.7 Å². The van der Waals surface area contributed by atoms with E-state index in [0.717, 1.165) is 19.4 Å². The quantitative estimate of drug-likeness (QED) is 0.413. The number of hydrogen-bond donors (Lipinski definition) is 3. The van der Waals surface area contributed by atoms with E-state index in [1.165, 1.54) is 6.92 Å². The van der Waals surface area contributed by atoms with E-state index in [4.69, 9.17) is 18.9 Å². The fourth-order valence-corrected chi connectivity index (χ4v) is 11.8. The summed E-state index contributed by atoms with van der Waals surface area (Å²) in [5.41, 5.74) is -2.88. The summed E-state index contributed by atoms with van der Waals surface area (Å²) < 4.78 is 24.5. The number of carbonyl (C=O) groups excluding carboxylic acids is 2. The summed E-state index contributed by atoms with van der Waals surface area (Å²) in [6, 6.07) is 6.91. The van der Waals surface area contributed by atoms with Crippen molar-refractivity contribution in [2.24, 2.45) is 34.5 Å². The van der Waals surface area contributed by atoms with Crippen molar-refractivity contribution in [1.82, 2.24) is 4.90 Å². The zero-order valence-corrected chi connectivity index (χ0v) is 25.2. The molecule has 1 amide bonds. The number of amides is 1. The summed E-state index contributed by atoms with van der Waals surface area (Å²) >= 11 is 0. The van der Waals surface area contributed by atoms with Crippen LogP contribution in [-0.2, 0) is 23.7 Å². The third kappa shape index (κ3) is 3.26. The maximum absolute atomic E-state index is 13.5. The Morgan fingerprint density at radius 1 is 1.07 bits per heavy atom. The Morgan fingerprint density at radius 3 is 2.52 bits per heavy atom. The highest BCUT2D eigenvalue weighted by atomic mass is 16.5. The smallest absolute Gasteiger partial charge is 0.340 e. The first-order valence-electron chi connectivity index (χ1n) is 15.3. The first-order chi connectivity index (χ1) is 20.0. The molecule has 7 rings (SSSR count). The topological polar surface area (TPSA) is 127 Å². The molecule has 1 saturated heterocycles. The van der Waals surface area contributed by atoms with Crippen molar-refractivity contribution in [2.45, 2.75) is 74.6 Å². The number of fused-ring (bicyclic) bond motifs is 2. The van der Waals surface area contributed by atoms with Gasteiger partial charge in [-0.2, -0.15) is 0 Å². The molecule has 5 saturated carbocycles. The molecule has 0 aromatic heterocycles. The van der Waals surface area contributed by atoms with E-state index in [9.17, 15) is 19.8 Å². The van der Waals surface area contributed by atoms with Crippen LogP contribution in [0.2, 0.25) is 0 Å². The molecule has 0 radical (unpaired) electrons. The standard InChI is InChI=1S/C32H44N2O8/c1-17(35)33-21-9-7-6-8-18(21)28(36)42-16-29-11-10-25(40-4)31-23(29)13-20(26(31)34(2)15-29)30(37)14-22(39-3)19-12-24(31)32(30,38)27(19)41-5/h6-9,19-20,22-27,37-38H,10-16H2,1-5H3,(H,33,35)/t19-,20+,22+,23+,24+,25+,26-,27+,29+,30+,31-,32+/m1/s1. The molecular weight excluding hydrogens is 540 g/mol. The number of aliphatic hydroxyl groups is 2. The van der Waals surface area contributed by atoms with Crippen LogP contribution in [0, 0.1) is 34.5 Å². The van der Waals surface area contributed by atoms with Crippen LogP contribution in [0.15, 0.2) is 24.3 Å². The minimum absolute atomic E-state index is 0.0132. The monoisotopic (exact) mass is 584 g/mol. The first kappa shape index (κ1) is 28.7. The van der Waals surface area contributed by atoms with Crippen LogP contribution < -0.4 is 5.32 Å². The molecule has 1 aromatic carbocycles. The van der Waals surface area contributed by atoms with Gasteiger partial charge in [0.15, 0.2) is 0 Å². The van der Waals surface area contributed by atoms with E-state index in [1.807, 2.05) is 0 Å². The molecule has 3 N–H and O–H groups in total. The molecule has 12 atom stereocenters. The Bertz CT molecular complexity index is 1290. The predicted molar refractivity (Wildman–Crippen MR) is 152 cm³/mol. The minimum atomic E-state index is -1.43. The first-order valence-corrected chi connectivity index (χ1v) is 15.3. The van der Waals surface area contributed by atoms with Gasteiger partial charge in [-0.1, -0.05) is 12.1 Å². The number of likely N-dealkylation sites (tertiary alicyclic amines) is 1. The highest BCUT2D eigenvalue weighted by Gasteiger charge is 2.88. The third-order valence-electron chi connectivity index (χ3n) is 12.8. The number of piperidine rings is 1. The summed E-state index contributed by atoms with van der Waals surface area (Å²) in [7, 11) is 7.21. The van der Waals surface area contributed by atoms with Crippen LogP contribution in [0.3, 0.4) is 0 Å². The summed E-state index contributed by atoms with van der Waals surface area (Å²) in [5, 5.41) is 28.3. The molecule has 6 aliphatic rings. The summed E-state index contributed by atoms with van der Waals surface area (Å²) in [5.74, 6) is -1.16. The van der Waals surface area contributed by atoms with Crippen molar-refractivity contribution in [3.05, 3.63) is 29.8 Å². The van der Waals surface area contributed by atoms with E-state index in [2.05, 4.69) is 17.3 Å². The lowest BCUT2D eigenvalue weighted by Crippen LogP contribution is -2.82. The van der Waals surface area contributed by atoms with E-state index in [-0.39, 0.29) is 59.9 Å². The largest absolute Gasteiger partial charge is 0.461 e. The maximum atomic E-state index is 13.5. The van der Waals surface area contributed by atoms with Gasteiger partial charge in [0.1, 0.15) is 11.2 Å². The Labute approximate surface area is 247 Å². The second-order valence-electron chi connectivity index (χ2n) is 14.0. The van der Waals surface area contributed by atoms with Crippen LogP contribution in [-0.4, -0.2) is 104 Å². The highest BCUT2D eigenvalue weighted by Crippen LogP contribution is 2.80. The number of anilines is 1. The maximum Gasteiger partial charge on any atom is 0.340 e. The lowest BCUT2D eigenvalue weighted by molar-refractivity contribution is -0.334. The molecule has 7 bridgehead atoms. The van der Waals surface area contributed by atoms with E-state index < -0.39 is 28.7 Å². The second kappa shape index (κ2) is 9.46. The lowest BCUT2D eigenvalue weighted by atomic mass is 9.42. The Kier molecular flexibility index (Phi) is 6.46. The molecular formula is C32H44N2O8. The molecule has 1 aliphatic heterocycles. The van der Waals surface area contributed by atoms with Gasteiger partial charge < -0.3 is 39.4 Å². The second-order valence-corrected chi connectivity index (χ2v) is 14.0. The molecule has 10 heteroatoms. The van der Waals surface area contributed by atoms with Gasteiger partial charge in [-0.3, -0.25) is 4.79 Å². The van der Waals surface area contributed by atoms with Crippen LogP contribution in [0.25, 0.3) is 0 Å². The summed E-state index contributed by atoms with van der Waals surface area (Å²) in [6.45, 7) is 2.35. The van der Waals surface area contributed by atoms with Crippen molar-refractivity contribution >= 4 is 17.6 Å². The average Bonchev–Trinajstić information content (AvgIpc) is 3.40. The number of esters is 1. The van der Waals surface area contributed by atoms with Gasteiger partial charge in [-0.25, -0.2) is 4.79 Å². The fourth-order valence-electron chi connectivity index (χ4n) is 11.8. The number of nitrogens with zero attached hydrogens (tertiary/aromatic N) is 1. The minimum Gasteiger partial charge on any atom is -0.461 e. The van der Waals surface area contributed by atoms with Crippen molar-refractivity contribution in [3.63, 3.8) is 0 Å². The molecule has 1 spiro atoms. The molecule has 42 heavy (non-hydrogen) atoms. The molecule has 6 fully saturated rings. The van der Waals surface area contributed by atoms with Crippen LogP contribution in [0.5, 0.6) is 0 Å². The zero-order chi connectivity index (χ0) is 29.8. The number of nitrogens with one attached hydrogen (secondary N) is 1. The molecule has 1 aromatic rings. The zero-order valence-electron chi connectivity index (χ0n) is 25.2.